The molecule has 2 aromatic rings. The minimum absolute atomic E-state index is 0.0726. The number of benzene rings is 2. The van der Waals surface area contributed by atoms with Gasteiger partial charge in [-0.15, -0.1) is 0 Å². The minimum atomic E-state index is -0.647. The number of nitro groups is 1. The molecule has 0 aliphatic heterocycles. The summed E-state index contributed by atoms with van der Waals surface area (Å²) in [6.45, 7) is 1.80. The van der Waals surface area contributed by atoms with Crippen LogP contribution in [0.4, 0.5) is 11.4 Å². The van der Waals surface area contributed by atoms with Crippen molar-refractivity contribution < 1.29 is 24.0 Å². The topological polar surface area (TPSA) is 108 Å². The molecule has 28 heavy (non-hydrogen) atoms. The van der Waals surface area contributed by atoms with Crippen molar-refractivity contribution in [2.45, 2.75) is 19.8 Å². The molecule has 1 N–H and O–H groups in total. The average molecular weight is 407 g/mol. The van der Waals surface area contributed by atoms with Gasteiger partial charge in [0.2, 0.25) is 0 Å². The van der Waals surface area contributed by atoms with E-state index in [4.69, 9.17) is 21.1 Å². The minimum Gasteiger partial charge on any atom is -0.494 e. The molecule has 2 aromatic carbocycles. The second kappa shape index (κ2) is 10.3. The Kier molecular flexibility index (Phi) is 7.76. The number of ether oxygens (including phenoxy) is 2. The van der Waals surface area contributed by atoms with E-state index in [1.54, 1.807) is 0 Å². The van der Waals surface area contributed by atoms with Crippen LogP contribution >= 0.6 is 11.6 Å². The summed E-state index contributed by atoms with van der Waals surface area (Å²) in [5.74, 6) is -0.480. The zero-order valence-electron chi connectivity index (χ0n) is 15.1. The number of hydrogen-bond donors (Lipinski definition) is 1. The zero-order chi connectivity index (χ0) is 20.5. The lowest BCUT2D eigenvalue weighted by atomic mass is 10.2. The molecule has 0 bridgehead atoms. The largest absolute Gasteiger partial charge is 0.494 e. The lowest BCUT2D eigenvalue weighted by molar-refractivity contribution is -0.384. The van der Waals surface area contributed by atoms with E-state index in [9.17, 15) is 19.7 Å². The van der Waals surface area contributed by atoms with Crippen LogP contribution in [0, 0.1) is 17.0 Å². The maximum absolute atomic E-state index is 11.9. The second-order valence-corrected chi connectivity index (χ2v) is 6.30. The van der Waals surface area contributed by atoms with E-state index in [1.807, 2.05) is 31.2 Å². The van der Waals surface area contributed by atoms with E-state index < -0.39 is 23.4 Å². The van der Waals surface area contributed by atoms with Gasteiger partial charge in [0.15, 0.2) is 6.61 Å². The second-order valence-electron chi connectivity index (χ2n) is 5.90. The summed E-state index contributed by atoms with van der Waals surface area (Å²) in [5, 5.41) is 13.3. The number of nitrogens with one attached hydrogen (secondary N) is 1. The summed E-state index contributed by atoms with van der Waals surface area (Å²) >= 11 is 5.89. The molecule has 0 aliphatic rings. The Labute approximate surface area is 166 Å². The highest BCUT2D eigenvalue weighted by atomic mass is 35.5. The third kappa shape index (κ3) is 6.88. The number of rotatable bonds is 9. The predicted molar refractivity (Wildman–Crippen MR) is 104 cm³/mol. The number of amides is 1. The summed E-state index contributed by atoms with van der Waals surface area (Å²) in [4.78, 5) is 33.7. The number of nitro benzene ring substituents is 1. The third-order valence-electron chi connectivity index (χ3n) is 3.61. The number of carbonyl (C=O) groups excluding carboxylic acids is 2. The van der Waals surface area contributed by atoms with Gasteiger partial charge in [0.25, 0.3) is 11.6 Å². The third-order valence-corrected chi connectivity index (χ3v) is 3.94. The quantitative estimate of drug-likeness (QED) is 0.293. The molecule has 2 rings (SSSR count). The highest BCUT2D eigenvalue weighted by Crippen LogP contribution is 2.26. The van der Waals surface area contributed by atoms with Gasteiger partial charge in [0.1, 0.15) is 5.75 Å². The van der Waals surface area contributed by atoms with Crippen molar-refractivity contribution in [3.8, 4) is 5.75 Å². The molecule has 0 aromatic heterocycles. The molecule has 0 saturated heterocycles. The van der Waals surface area contributed by atoms with E-state index in [0.29, 0.717) is 18.8 Å². The lowest BCUT2D eigenvalue weighted by Gasteiger charge is -2.08. The number of carbonyl (C=O) groups is 2. The van der Waals surface area contributed by atoms with Crippen molar-refractivity contribution in [1.82, 2.24) is 0 Å². The van der Waals surface area contributed by atoms with Crippen molar-refractivity contribution in [3.05, 3.63) is 63.2 Å². The Morgan fingerprint density at radius 1 is 1.18 bits per heavy atom. The van der Waals surface area contributed by atoms with Crippen LogP contribution in [0.2, 0.25) is 5.02 Å². The first-order valence-corrected chi connectivity index (χ1v) is 8.82. The molecule has 148 valence electrons. The van der Waals surface area contributed by atoms with Crippen molar-refractivity contribution >= 4 is 34.9 Å². The predicted octanol–water partition coefficient (Wildman–Crippen LogP) is 3.90. The first kappa shape index (κ1) is 21.2. The monoisotopic (exact) mass is 406 g/mol. The molecular formula is C19H19ClN2O6. The SMILES string of the molecule is Cc1ccc(OCCCC(=O)OCC(=O)Nc2cc([N+](=O)[O-])ccc2Cl)cc1. The molecule has 9 heteroatoms. The number of hydrogen-bond acceptors (Lipinski definition) is 6. The highest BCUT2D eigenvalue weighted by molar-refractivity contribution is 6.33. The summed E-state index contributed by atoms with van der Waals surface area (Å²) in [6.07, 6.45) is 0.530. The Morgan fingerprint density at radius 3 is 2.57 bits per heavy atom. The first-order chi connectivity index (χ1) is 13.3. The number of halogens is 1. The number of nitrogens with zero attached hydrogens (tertiary/aromatic N) is 1. The smallest absolute Gasteiger partial charge is 0.306 e. The van der Waals surface area contributed by atoms with E-state index in [2.05, 4.69) is 5.32 Å². The molecule has 8 nitrogen and oxygen atoms in total. The van der Waals surface area contributed by atoms with E-state index in [0.717, 1.165) is 11.6 Å². The summed E-state index contributed by atoms with van der Waals surface area (Å²) in [6, 6.07) is 11.2. The van der Waals surface area contributed by atoms with Crippen LogP contribution < -0.4 is 10.1 Å². The maximum Gasteiger partial charge on any atom is 0.306 e. The number of non-ortho nitro benzene ring substituents is 1. The summed E-state index contributed by atoms with van der Waals surface area (Å²) < 4.78 is 10.4. The molecular weight excluding hydrogens is 388 g/mol. The fourth-order valence-corrected chi connectivity index (χ4v) is 2.33. The number of aryl methyl sites for hydroxylation is 1. The molecule has 0 aliphatic carbocycles. The van der Waals surface area contributed by atoms with Crippen molar-refractivity contribution in [3.63, 3.8) is 0 Å². The maximum atomic E-state index is 11.9. The summed E-state index contributed by atoms with van der Waals surface area (Å²) in [5.41, 5.74) is 0.981. The highest BCUT2D eigenvalue weighted by Gasteiger charge is 2.13. The average Bonchev–Trinajstić information content (AvgIpc) is 2.66. The van der Waals surface area contributed by atoms with Gasteiger partial charge in [-0.05, 0) is 31.5 Å². The fourth-order valence-electron chi connectivity index (χ4n) is 2.17. The van der Waals surface area contributed by atoms with Crippen LogP contribution in [-0.4, -0.2) is 30.0 Å². The molecule has 0 fully saturated rings. The van der Waals surface area contributed by atoms with Crippen molar-refractivity contribution in [2.24, 2.45) is 0 Å². The Bertz CT molecular complexity index is 854. The lowest BCUT2D eigenvalue weighted by Crippen LogP contribution is -2.21. The standard InChI is InChI=1S/C19H19ClN2O6/c1-13-4-7-15(8-5-13)27-10-2-3-19(24)28-12-18(23)21-17-11-14(22(25)26)6-9-16(17)20/h4-9,11H,2-3,10,12H2,1H3,(H,21,23). The van der Waals surface area contributed by atoms with E-state index in [-0.39, 0.29) is 22.8 Å². The van der Waals surface area contributed by atoms with Crippen molar-refractivity contribution in [1.29, 1.82) is 0 Å². The van der Waals surface area contributed by atoms with Crippen LogP contribution in [-0.2, 0) is 14.3 Å². The number of anilines is 1. The Morgan fingerprint density at radius 2 is 1.89 bits per heavy atom. The molecule has 0 radical (unpaired) electrons. The van der Waals surface area contributed by atoms with Crippen LogP contribution in [0.1, 0.15) is 18.4 Å². The van der Waals surface area contributed by atoms with Gasteiger partial charge < -0.3 is 14.8 Å². The molecule has 0 unspecified atom stereocenters. The van der Waals surface area contributed by atoms with Gasteiger partial charge in [-0.3, -0.25) is 19.7 Å². The molecule has 0 heterocycles. The van der Waals surface area contributed by atoms with Crippen LogP contribution in [0.3, 0.4) is 0 Å². The van der Waals surface area contributed by atoms with Crippen LogP contribution in [0.25, 0.3) is 0 Å². The Balaban J connectivity index is 1.69. The summed E-state index contributed by atoms with van der Waals surface area (Å²) in [7, 11) is 0. The normalized spacial score (nSPS) is 10.2. The molecule has 0 saturated carbocycles. The van der Waals surface area contributed by atoms with Gasteiger partial charge in [-0.25, -0.2) is 0 Å². The van der Waals surface area contributed by atoms with Gasteiger partial charge in [0, 0.05) is 18.6 Å². The Hall–Kier alpha value is -3.13. The van der Waals surface area contributed by atoms with E-state index in [1.165, 1.54) is 12.1 Å². The van der Waals surface area contributed by atoms with Crippen molar-refractivity contribution in [2.75, 3.05) is 18.5 Å². The zero-order valence-corrected chi connectivity index (χ0v) is 15.9. The van der Waals surface area contributed by atoms with Gasteiger partial charge in [-0.2, -0.15) is 0 Å². The first-order valence-electron chi connectivity index (χ1n) is 8.44. The van der Waals surface area contributed by atoms with Gasteiger partial charge in [-0.1, -0.05) is 29.3 Å². The number of esters is 1. The van der Waals surface area contributed by atoms with Gasteiger partial charge >= 0.3 is 5.97 Å². The molecule has 0 atom stereocenters. The molecule has 0 spiro atoms. The van der Waals surface area contributed by atoms with Crippen LogP contribution in [0.15, 0.2) is 42.5 Å². The van der Waals surface area contributed by atoms with Gasteiger partial charge in [0.05, 0.1) is 22.2 Å². The fraction of sp³-hybridized carbons (Fsp3) is 0.263. The van der Waals surface area contributed by atoms with E-state index >= 15 is 0 Å². The van der Waals surface area contributed by atoms with Crippen LogP contribution in [0.5, 0.6) is 5.75 Å². The molecule has 1 amide bonds.